The van der Waals surface area contributed by atoms with Gasteiger partial charge in [0.25, 0.3) is 0 Å². The first-order valence-corrected chi connectivity index (χ1v) is 6.00. The second-order valence-corrected chi connectivity index (χ2v) is 4.56. The van der Waals surface area contributed by atoms with Crippen molar-refractivity contribution < 1.29 is 15.2 Å². The smallest absolute Gasteiger partial charge is 0.164 e. The van der Waals surface area contributed by atoms with E-state index in [0.717, 1.165) is 21.4 Å². The van der Waals surface area contributed by atoms with Gasteiger partial charge in [0.15, 0.2) is 6.23 Å². The van der Waals surface area contributed by atoms with E-state index in [1.807, 2.05) is 18.2 Å². The molecule has 0 saturated heterocycles. The highest BCUT2D eigenvalue weighted by Crippen LogP contribution is 2.40. The highest BCUT2D eigenvalue weighted by Gasteiger charge is 2.28. The topological polar surface area (TPSA) is 79.0 Å². The van der Waals surface area contributed by atoms with Gasteiger partial charge in [-0.15, -0.1) is 17.0 Å². The van der Waals surface area contributed by atoms with Crippen LogP contribution in [0.5, 0.6) is 0 Å². The molecule has 1 heterocycles. The molecule has 4 N–H and O–H groups in total. The second-order valence-electron chi connectivity index (χ2n) is 3.42. The molecule has 0 spiro atoms. The predicted molar refractivity (Wildman–Crippen MR) is 61.1 cm³/mol. The molecule has 6 heteroatoms. The van der Waals surface area contributed by atoms with Crippen LogP contribution in [0.1, 0.15) is 18.2 Å². The minimum atomic E-state index is -0.613. The summed E-state index contributed by atoms with van der Waals surface area (Å²) in [4.78, 5) is 5.89. The number of hydrogen-bond acceptors (Lipinski definition) is 6. The lowest BCUT2D eigenvalue weighted by atomic mass is 10.2. The second kappa shape index (κ2) is 5.03. The van der Waals surface area contributed by atoms with Crippen LogP contribution in [0.2, 0.25) is 0 Å². The molecule has 88 valence electrons. The van der Waals surface area contributed by atoms with Gasteiger partial charge in [-0.25, -0.2) is 4.84 Å². The fourth-order valence-corrected chi connectivity index (χ4v) is 2.55. The number of fused-ring (bicyclic) bond motifs is 1. The van der Waals surface area contributed by atoms with E-state index in [1.54, 1.807) is 11.8 Å². The van der Waals surface area contributed by atoms with Gasteiger partial charge in [0.05, 0.1) is 0 Å². The van der Waals surface area contributed by atoms with Gasteiger partial charge in [0.2, 0.25) is 0 Å². The van der Waals surface area contributed by atoms with Crippen molar-refractivity contribution in [2.75, 3.05) is 17.6 Å². The molecule has 0 aliphatic carbocycles. The Morgan fingerprint density at radius 2 is 2.31 bits per heavy atom. The summed E-state index contributed by atoms with van der Waals surface area (Å²) in [6, 6.07) is 5.60. The van der Waals surface area contributed by atoms with E-state index in [-0.39, 0.29) is 6.61 Å². The summed E-state index contributed by atoms with van der Waals surface area (Å²) in [6.07, 6.45) is 0.102. The molecule has 0 bridgehead atoms. The Kier molecular flexibility index (Phi) is 3.67. The molecule has 0 aromatic heterocycles. The Balaban J connectivity index is 2.20. The number of hydrogen-bond donors (Lipinski definition) is 3. The average molecular weight is 242 g/mol. The van der Waals surface area contributed by atoms with Gasteiger partial charge in [-0.1, -0.05) is 12.1 Å². The Morgan fingerprint density at radius 1 is 1.50 bits per heavy atom. The Morgan fingerprint density at radius 3 is 3.06 bits per heavy atom. The maximum absolute atomic E-state index is 9.56. The maximum Gasteiger partial charge on any atom is 0.164 e. The summed E-state index contributed by atoms with van der Waals surface area (Å²) < 4.78 is 0. The molecule has 0 amide bonds. The Labute approximate surface area is 97.7 Å². The number of nitrogens with zero attached hydrogens (tertiary/aromatic N) is 1. The molecule has 1 aromatic rings. The lowest BCUT2D eigenvalue weighted by Crippen LogP contribution is -2.17. The normalized spacial score (nSPS) is 18.9. The minimum Gasteiger partial charge on any atom is -0.396 e. The minimum absolute atomic E-state index is 0.168. The summed E-state index contributed by atoms with van der Waals surface area (Å²) in [6.45, 7) is 0.168. The van der Waals surface area contributed by atoms with Crippen LogP contribution in [0.25, 0.3) is 0 Å². The highest BCUT2D eigenvalue weighted by molar-refractivity contribution is 7.99. The van der Waals surface area contributed by atoms with E-state index in [0.29, 0.717) is 12.1 Å². The summed E-state index contributed by atoms with van der Waals surface area (Å²) >= 11 is 1.56. The van der Waals surface area contributed by atoms with Crippen LogP contribution < -0.4 is 11.0 Å². The maximum atomic E-state index is 9.56. The monoisotopic (exact) mass is 242 g/mol. The lowest BCUT2D eigenvalue weighted by Gasteiger charge is -2.11. The molecule has 2 rings (SSSR count). The average Bonchev–Trinajstić information content (AvgIpc) is 2.56. The largest absolute Gasteiger partial charge is 0.396 e. The zero-order valence-corrected chi connectivity index (χ0v) is 9.48. The van der Waals surface area contributed by atoms with Gasteiger partial charge in [-0.3, -0.25) is 10.9 Å². The van der Waals surface area contributed by atoms with Gasteiger partial charge in [0.1, 0.15) is 5.69 Å². The third-order valence-electron chi connectivity index (χ3n) is 2.30. The summed E-state index contributed by atoms with van der Waals surface area (Å²) in [5.74, 6) is 0.788. The molecular formula is C10H14N2O3S. The summed E-state index contributed by atoms with van der Waals surface area (Å²) in [5.41, 5.74) is 7.07. The number of aliphatic hydroxyl groups is 1. The van der Waals surface area contributed by atoms with Crippen molar-refractivity contribution in [3.63, 3.8) is 0 Å². The molecule has 1 aliphatic heterocycles. The third-order valence-corrected chi connectivity index (χ3v) is 3.43. The fraction of sp³-hybridized carbons (Fsp3) is 0.400. The molecule has 0 radical (unpaired) electrons. The van der Waals surface area contributed by atoms with Crippen LogP contribution in [0.4, 0.5) is 5.69 Å². The molecular weight excluding hydrogens is 228 g/mol. The number of para-hydroxylation sites is 1. The van der Waals surface area contributed by atoms with E-state index in [2.05, 4.69) is 0 Å². The summed E-state index contributed by atoms with van der Waals surface area (Å²) in [7, 11) is 0. The van der Waals surface area contributed by atoms with Gasteiger partial charge < -0.3 is 5.11 Å². The van der Waals surface area contributed by atoms with E-state index in [9.17, 15) is 5.21 Å². The quantitative estimate of drug-likeness (QED) is 0.545. The molecule has 1 unspecified atom stereocenters. The zero-order chi connectivity index (χ0) is 11.5. The van der Waals surface area contributed by atoms with E-state index in [4.69, 9.17) is 15.7 Å². The van der Waals surface area contributed by atoms with Crippen LogP contribution in [-0.2, 0) is 4.84 Å². The first kappa shape index (κ1) is 11.7. The predicted octanol–water partition coefficient (Wildman–Crippen LogP) is 1.26. The Bertz CT molecular complexity index is 375. The van der Waals surface area contributed by atoms with Crippen LogP contribution in [0.3, 0.4) is 0 Å². The molecule has 0 saturated carbocycles. The number of anilines is 1. The first-order valence-electron chi connectivity index (χ1n) is 5.02. The molecule has 16 heavy (non-hydrogen) atoms. The third kappa shape index (κ3) is 2.16. The molecule has 5 nitrogen and oxygen atoms in total. The molecule has 1 atom stereocenters. The molecule has 1 aliphatic rings. The number of nitrogens with two attached hydrogens (primary N) is 1. The number of thioether (sulfide) groups is 1. The van der Waals surface area contributed by atoms with Crippen LogP contribution in [-0.4, -0.2) is 22.7 Å². The van der Waals surface area contributed by atoms with Crippen molar-refractivity contribution in [3.8, 4) is 0 Å². The van der Waals surface area contributed by atoms with Crippen LogP contribution in [0.15, 0.2) is 23.1 Å². The molecule has 0 fully saturated rings. The van der Waals surface area contributed by atoms with Crippen molar-refractivity contribution in [2.24, 2.45) is 5.73 Å². The zero-order valence-electron chi connectivity index (χ0n) is 8.67. The number of benzene rings is 1. The molecule has 1 aromatic carbocycles. The van der Waals surface area contributed by atoms with Crippen LogP contribution >= 0.6 is 11.8 Å². The number of rotatable bonds is 4. The van der Waals surface area contributed by atoms with Gasteiger partial charge in [-0.2, -0.15) is 0 Å². The fourth-order valence-electron chi connectivity index (χ4n) is 1.55. The first-order chi connectivity index (χ1) is 7.74. The standard InChI is InChI=1S/C10H14N2O3S/c11-10-7-3-1-4-8(16-6-2-5-13)9(7)12(14)15-10/h1,3-4,10,13-14H,2,5-6,11H2. The van der Waals surface area contributed by atoms with E-state index >= 15 is 0 Å². The highest BCUT2D eigenvalue weighted by atomic mass is 32.2. The van der Waals surface area contributed by atoms with Crippen LogP contribution in [0, 0.1) is 0 Å². The SMILES string of the molecule is NC1ON(O)c2c(SCCCO)cccc21. The van der Waals surface area contributed by atoms with Crippen molar-refractivity contribution in [1.82, 2.24) is 0 Å². The van der Waals surface area contributed by atoms with Gasteiger partial charge in [0, 0.05) is 22.8 Å². The van der Waals surface area contributed by atoms with Crippen molar-refractivity contribution in [1.29, 1.82) is 0 Å². The Hall–Kier alpha value is -0.790. The lowest BCUT2D eigenvalue weighted by molar-refractivity contribution is -0.0653. The van der Waals surface area contributed by atoms with Crippen molar-refractivity contribution in [2.45, 2.75) is 17.5 Å². The summed E-state index contributed by atoms with van der Waals surface area (Å²) in [5, 5.41) is 19.0. The van der Waals surface area contributed by atoms with Crippen molar-refractivity contribution in [3.05, 3.63) is 23.8 Å². The van der Waals surface area contributed by atoms with Crippen molar-refractivity contribution >= 4 is 17.4 Å². The van der Waals surface area contributed by atoms with Gasteiger partial charge in [-0.05, 0) is 12.5 Å². The van der Waals surface area contributed by atoms with E-state index < -0.39 is 6.23 Å². The van der Waals surface area contributed by atoms with Gasteiger partial charge >= 0.3 is 0 Å². The van der Waals surface area contributed by atoms with E-state index in [1.165, 1.54) is 0 Å². The number of aliphatic hydroxyl groups excluding tert-OH is 1.